The summed E-state index contributed by atoms with van der Waals surface area (Å²) in [4.78, 5) is 13.6. The summed E-state index contributed by atoms with van der Waals surface area (Å²) < 4.78 is 10.1. The highest BCUT2D eigenvalue weighted by molar-refractivity contribution is 5.86. The first-order chi connectivity index (χ1) is 9.12. The highest BCUT2D eigenvalue weighted by Gasteiger charge is 2.14. The first-order valence-electron chi connectivity index (χ1n) is 6.76. The van der Waals surface area contributed by atoms with Crippen LogP contribution in [0.1, 0.15) is 43.1 Å². The van der Waals surface area contributed by atoms with Crippen molar-refractivity contribution in [2.24, 2.45) is 0 Å². The number of nitrogens with one attached hydrogen (secondary N) is 1. The Kier molecular flexibility index (Phi) is 6.59. The van der Waals surface area contributed by atoms with Crippen molar-refractivity contribution >= 4 is 5.97 Å². The Bertz CT molecular complexity index is 386. The first-order valence-corrected chi connectivity index (χ1v) is 6.76. The minimum atomic E-state index is -0.443. The summed E-state index contributed by atoms with van der Waals surface area (Å²) in [5.74, 6) is 0.552. The molecule has 0 fully saturated rings. The van der Waals surface area contributed by atoms with E-state index in [9.17, 15) is 4.79 Å². The molecule has 1 aromatic rings. The number of nitrogens with zero attached hydrogens (tertiary/aromatic N) is 1. The third-order valence-electron chi connectivity index (χ3n) is 3.21. The van der Waals surface area contributed by atoms with Gasteiger partial charge in [-0.3, -0.25) is 0 Å². The Hall–Kier alpha value is -1.33. The van der Waals surface area contributed by atoms with Crippen molar-refractivity contribution in [3.05, 3.63) is 23.7 Å². The fourth-order valence-corrected chi connectivity index (χ4v) is 1.88. The summed E-state index contributed by atoms with van der Waals surface area (Å²) in [5, 5.41) is 3.38. The van der Waals surface area contributed by atoms with Crippen LogP contribution in [0.15, 0.2) is 16.5 Å². The van der Waals surface area contributed by atoms with Gasteiger partial charge >= 0.3 is 5.97 Å². The highest BCUT2D eigenvalue weighted by Crippen LogP contribution is 2.16. The van der Waals surface area contributed by atoms with Crippen LogP contribution in [0.5, 0.6) is 0 Å². The Balaban J connectivity index is 2.43. The lowest BCUT2D eigenvalue weighted by Gasteiger charge is -2.19. The van der Waals surface area contributed by atoms with Crippen molar-refractivity contribution < 1.29 is 13.9 Å². The van der Waals surface area contributed by atoms with E-state index in [4.69, 9.17) is 4.42 Å². The Labute approximate surface area is 114 Å². The van der Waals surface area contributed by atoms with Crippen LogP contribution in [0.2, 0.25) is 0 Å². The van der Waals surface area contributed by atoms with Gasteiger partial charge in [0.25, 0.3) is 0 Å². The second kappa shape index (κ2) is 7.96. The topological polar surface area (TPSA) is 54.7 Å². The molecule has 0 saturated heterocycles. The van der Waals surface area contributed by atoms with E-state index in [2.05, 4.69) is 28.8 Å². The first kappa shape index (κ1) is 15.7. The third-order valence-corrected chi connectivity index (χ3v) is 3.21. The maximum absolute atomic E-state index is 11.3. The molecule has 1 unspecified atom stereocenters. The predicted molar refractivity (Wildman–Crippen MR) is 74.3 cm³/mol. The molecule has 1 N–H and O–H groups in total. The standard InChI is InChI=1S/C14H24N2O3/c1-5-16(6-2)10-9-15-11(3)12-7-8-13(19-12)14(17)18-4/h7-8,11,15H,5-6,9-10H2,1-4H3. The smallest absolute Gasteiger partial charge is 0.373 e. The zero-order chi connectivity index (χ0) is 14.3. The van der Waals surface area contributed by atoms with Crippen LogP contribution < -0.4 is 5.32 Å². The molecule has 0 amide bonds. The van der Waals surface area contributed by atoms with E-state index >= 15 is 0 Å². The van der Waals surface area contributed by atoms with Gasteiger partial charge in [0.05, 0.1) is 13.2 Å². The molecule has 0 saturated carbocycles. The molecule has 0 aliphatic carbocycles. The molecule has 19 heavy (non-hydrogen) atoms. The van der Waals surface area contributed by atoms with Crippen LogP contribution in [0, 0.1) is 0 Å². The number of esters is 1. The minimum Gasteiger partial charge on any atom is -0.463 e. The lowest BCUT2D eigenvalue weighted by Crippen LogP contribution is -2.32. The fraction of sp³-hybridized carbons (Fsp3) is 0.643. The van der Waals surface area contributed by atoms with Crippen LogP contribution in [-0.4, -0.2) is 44.2 Å². The Morgan fingerprint density at radius 2 is 2.11 bits per heavy atom. The van der Waals surface area contributed by atoms with Crippen LogP contribution >= 0.6 is 0 Å². The van der Waals surface area contributed by atoms with Crippen molar-refractivity contribution in [2.45, 2.75) is 26.8 Å². The van der Waals surface area contributed by atoms with E-state index in [0.717, 1.165) is 31.9 Å². The molecular weight excluding hydrogens is 244 g/mol. The number of furan rings is 1. The zero-order valence-electron chi connectivity index (χ0n) is 12.2. The highest BCUT2D eigenvalue weighted by atomic mass is 16.5. The summed E-state index contributed by atoms with van der Waals surface area (Å²) in [7, 11) is 1.34. The number of carbonyl (C=O) groups excluding carboxylic acids is 1. The molecule has 108 valence electrons. The van der Waals surface area contributed by atoms with E-state index in [-0.39, 0.29) is 11.8 Å². The molecule has 5 nitrogen and oxygen atoms in total. The largest absolute Gasteiger partial charge is 0.463 e. The van der Waals surface area contributed by atoms with Gasteiger partial charge in [-0.05, 0) is 32.1 Å². The van der Waals surface area contributed by atoms with Gasteiger partial charge in [0.1, 0.15) is 5.76 Å². The van der Waals surface area contributed by atoms with Gasteiger partial charge in [0, 0.05) is 13.1 Å². The summed E-state index contributed by atoms with van der Waals surface area (Å²) in [6, 6.07) is 3.53. The molecule has 0 aliphatic rings. The fourth-order valence-electron chi connectivity index (χ4n) is 1.88. The second-order valence-corrected chi connectivity index (χ2v) is 4.40. The molecule has 0 radical (unpaired) electrons. The molecule has 5 heteroatoms. The molecule has 0 bridgehead atoms. The lowest BCUT2D eigenvalue weighted by atomic mass is 10.2. The van der Waals surface area contributed by atoms with Gasteiger partial charge in [-0.1, -0.05) is 13.8 Å². The number of carbonyl (C=O) groups is 1. The summed E-state index contributed by atoms with van der Waals surface area (Å²) >= 11 is 0. The molecule has 0 aliphatic heterocycles. The van der Waals surface area contributed by atoms with Gasteiger partial charge in [-0.2, -0.15) is 0 Å². The van der Waals surface area contributed by atoms with E-state index < -0.39 is 5.97 Å². The van der Waals surface area contributed by atoms with Gasteiger partial charge in [-0.25, -0.2) is 4.79 Å². The van der Waals surface area contributed by atoms with Crippen molar-refractivity contribution in [1.29, 1.82) is 0 Å². The predicted octanol–water partition coefficient (Wildman–Crippen LogP) is 2.06. The van der Waals surface area contributed by atoms with Crippen LogP contribution in [0.25, 0.3) is 0 Å². The van der Waals surface area contributed by atoms with Gasteiger partial charge < -0.3 is 19.4 Å². The normalized spacial score (nSPS) is 12.7. The molecule has 1 heterocycles. The zero-order valence-corrected chi connectivity index (χ0v) is 12.2. The number of hydrogen-bond donors (Lipinski definition) is 1. The summed E-state index contributed by atoms with van der Waals surface area (Å²) in [6.07, 6.45) is 0. The average molecular weight is 268 g/mol. The van der Waals surface area contributed by atoms with E-state index in [1.807, 2.05) is 6.92 Å². The van der Waals surface area contributed by atoms with Crippen molar-refractivity contribution in [2.75, 3.05) is 33.3 Å². The number of hydrogen-bond acceptors (Lipinski definition) is 5. The molecule has 0 aromatic carbocycles. The molecular formula is C14H24N2O3. The van der Waals surface area contributed by atoms with E-state index in [1.165, 1.54) is 7.11 Å². The quantitative estimate of drug-likeness (QED) is 0.731. The van der Waals surface area contributed by atoms with Crippen molar-refractivity contribution in [3.63, 3.8) is 0 Å². The SMILES string of the molecule is CCN(CC)CCNC(C)c1ccc(C(=O)OC)o1. The number of rotatable bonds is 8. The Morgan fingerprint density at radius 3 is 2.68 bits per heavy atom. The van der Waals surface area contributed by atoms with E-state index in [1.54, 1.807) is 12.1 Å². The number of methoxy groups -OCH3 is 1. The molecule has 1 aromatic heterocycles. The van der Waals surface area contributed by atoms with Crippen LogP contribution in [-0.2, 0) is 4.74 Å². The van der Waals surface area contributed by atoms with Crippen molar-refractivity contribution in [3.8, 4) is 0 Å². The summed E-state index contributed by atoms with van der Waals surface area (Å²) in [5.41, 5.74) is 0. The number of likely N-dealkylation sites (N-methyl/N-ethyl adjacent to an activating group) is 1. The van der Waals surface area contributed by atoms with Crippen molar-refractivity contribution in [1.82, 2.24) is 10.2 Å². The maximum atomic E-state index is 11.3. The average Bonchev–Trinajstić information content (AvgIpc) is 2.92. The monoisotopic (exact) mass is 268 g/mol. The second-order valence-electron chi connectivity index (χ2n) is 4.40. The van der Waals surface area contributed by atoms with Gasteiger partial charge in [0.2, 0.25) is 5.76 Å². The van der Waals surface area contributed by atoms with Gasteiger partial charge in [0.15, 0.2) is 0 Å². The molecule has 0 spiro atoms. The number of ether oxygens (including phenoxy) is 1. The summed E-state index contributed by atoms with van der Waals surface area (Å²) in [6.45, 7) is 10.3. The van der Waals surface area contributed by atoms with Crippen LogP contribution in [0.3, 0.4) is 0 Å². The van der Waals surface area contributed by atoms with Crippen LogP contribution in [0.4, 0.5) is 0 Å². The lowest BCUT2D eigenvalue weighted by molar-refractivity contribution is 0.0562. The third kappa shape index (κ3) is 4.69. The molecule has 1 atom stereocenters. The Morgan fingerprint density at radius 1 is 1.42 bits per heavy atom. The van der Waals surface area contributed by atoms with Gasteiger partial charge in [-0.15, -0.1) is 0 Å². The minimum absolute atomic E-state index is 0.0777. The maximum Gasteiger partial charge on any atom is 0.373 e. The molecule has 1 rings (SSSR count). The van der Waals surface area contributed by atoms with E-state index in [0.29, 0.717) is 0 Å².